The molecule has 2 heterocycles. The lowest BCUT2D eigenvalue weighted by Crippen LogP contribution is -2.52. The Hall–Kier alpha value is -2.99. The number of hydrogen-bond donors (Lipinski definition) is 0. The van der Waals surface area contributed by atoms with Crippen molar-refractivity contribution >= 4 is 5.91 Å². The summed E-state index contributed by atoms with van der Waals surface area (Å²) in [6, 6.07) is 14.8. The molecule has 5 nitrogen and oxygen atoms in total. The summed E-state index contributed by atoms with van der Waals surface area (Å²) < 4.78 is 16.0. The van der Waals surface area contributed by atoms with Crippen LogP contribution in [-0.2, 0) is 24.8 Å². The fourth-order valence-electron chi connectivity index (χ4n) is 4.93. The van der Waals surface area contributed by atoms with Crippen LogP contribution in [0.15, 0.2) is 60.9 Å². The van der Waals surface area contributed by atoms with Crippen molar-refractivity contribution in [3.05, 3.63) is 77.9 Å². The molecule has 1 amide bonds. The molecule has 0 N–H and O–H groups in total. The Morgan fingerprint density at radius 1 is 1.12 bits per heavy atom. The number of hydrogen-bond acceptors (Lipinski definition) is 3. The normalized spacial score (nSPS) is 19.1. The monoisotopic (exact) mass is 434 g/mol. The second-order valence-electron chi connectivity index (χ2n) is 9.17. The van der Waals surface area contributed by atoms with Crippen molar-refractivity contribution in [2.24, 2.45) is 12.5 Å². The van der Waals surface area contributed by atoms with E-state index < -0.39 is 5.41 Å². The third-order valence-corrected chi connectivity index (χ3v) is 6.36. The van der Waals surface area contributed by atoms with E-state index in [9.17, 15) is 9.18 Å². The maximum atomic E-state index is 14.2. The first-order chi connectivity index (χ1) is 15.4. The molecule has 6 heteroatoms. The van der Waals surface area contributed by atoms with Gasteiger partial charge in [0.15, 0.2) is 0 Å². The minimum Gasteiger partial charge on any atom is -0.348 e. The Kier molecular flexibility index (Phi) is 6.42. The molecule has 0 spiro atoms. The van der Waals surface area contributed by atoms with Crippen molar-refractivity contribution in [3.8, 4) is 11.1 Å². The molecule has 0 bridgehead atoms. The first-order valence-electron chi connectivity index (χ1n) is 11.1. The second kappa shape index (κ2) is 9.25. The van der Waals surface area contributed by atoms with Crippen LogP contribution in [0.1, 0.15) is 24.0 Å². The van der Waals surface area contributed by atoms with E-state index in [0.29, 0.717) is 18.5 Å². The van der Waals surface area contributed by atoms with Crippen LogP contribution in [0.3, 0.4) is 0 Å². The number of likely N-dealkylation sites (tertiary alicyclic amines) is 1. The number of nitrogens with zero attached hydrogens (tertiary/aromatic N) is 4. The Morgan fingerprint density at radius 3 is 2.53 bits per heavy atom. The summed E-state index contributed by atoms with van der Waals surface area (Å²) in [5.74, 6) is -0.0515. The van der Waals surface area contributed by atoms with Crippen molar-refractivity contribution in [3.63, 3.8) is 0 Å². The summed E-state index contributed by atoms with van der Waals surface area (Å²) in [7, 11) is 5.60. The van der Waals surface area contributed by atoms with Crippen LogP contribution in [0.25, 0.3) is 11.1 Å². The van der Waals surface area contributed by atoms with E-state index in [-0.39, 0.29) is 11.7 Å². The molecule has 1 unspecified atom stereocenters. The smallest absolute Gasteiger partial charge is 0.229 e. The second-order valence-corrected chi connectivity index (χ2v) is 9.17. The quantitative estimate of drug-likeness (QED) is 0.586. The van der Waals surface area contributed by atoms with Crippen molar-refractivity contribution in [1.82, 2.24) is 19.6 Å². The third-order valence-electron chi connectivity index (χ3n) is 6.36. The van der Waals surface area contributed by atoms with Crippen molar-refractivity contribution < 1.29 is 9.18 Å². The Bertz CT molecular complexity index is 1080. The van der Waals surface area contributed by atoms with Crippen LogP contribution in [0.5, 0.6) is 0 Å². The molecule has 0 radical (unpaired) electrons. The number of benzene rings is 2. The lowest BCUT2D eigenvalue weighted by Gasteiger charge is -2.43. The van der Waals surface area contributed by atoms with Crippen molar-refractivity contribution in [1.29, 1.82) is 0 Å². The van der Waals surface area contributed by atoms with Gasteiger partial charge in [-0.3, -0.25) is 14.4 Å². The van der Waals surface area contributed by atoms with Gasteiger partial charge in [0.1, 0.15) is 5.82 Å². The number of aryl methyl sites for hydroxylation is 1. The van der Waals surface area contributed by atoms with Gasteiger partial charge >= 0.3 is 0 Å². The van der Waals surface area contributed by atoms with Crippen LogP contribution >= 0.6 is 0 Å². The summed E-state index contributed by atoms with van der Waals surface area (Å²) in [4.78, 5) is 17.5. The van der Waals surface area contributed by atoms with E-state index in [2.05, 4.69) is 10.00 Å². The number of halogens is 1. The van der Waals surface area contributed by atoms with E-state index in [1.54, 1.807) is 17.0 Å². The molecule has 1 aliphatic heterocycles. The molecule has 1 atom stereocenters. The summed E-state index contributed by atoms with van der Waals surface area (Å²) in [6.07, 6.45) is 6.44. The van der Waals surface area contributed by atoms with Gasteiger partial charge in [0, 0.05) is 51.6 Å². The van der Waals surface area contributed by atoms with E-state index >= 15 is 0 Å². The van der Waals surface area contributed by atoms with Gasteiger partial charge in [-0.05, 0) is 43.0 Å². The number of piperidine rings is 1. The molecular weight excluding hydrogens is 403 g/mol. The molecule has 4 rings (SSSR count). The van der Waals surface area contributed by atoms with Crippen LogP contribution in [0.4, 0.5) is 4.39 Å². The maximum Gasteiger partial charge on any atom is 0.229 e. The lowest BCUT2D eigenvalue weighted by molar-refractivity contribution is -0.143. The van der Waals surface area contributed by atoms with E-state index in [4.69, 9.17) is 0 Å². The molecule has 0 saturated carbocycles. The standard InChI is InChI=1S/C26H31FN4O/c1-29(2)25(32)26(13-6-14-31(19-26)18-21-16-28-30(3)17-21)15-20-9-11-22(12-10-20)23-7-4-5-8-24(23)27/h4-5,7-12,16-17H,6,13-15,18-19H2,1-3H3. The number of aromatic nitrogens is 2. The minimum atomic E-state index is -0.469. The fourth-order valence-corrected chi connectivity index (χ4v) is 4.93. The van der Waals surface area contributed by atoms with Crippen LogP contribution in [0, 0.1) is 11.2 Å². The molecule has 1 aliphatic rings. The van der Waals surface area contributed by atoms with Gasteiger partial charge in [-0.15, -0.1) is 0 Å². The lowest BCUT2D eigenvalue weighted by atomic mass is 9.73. The SMILES string of the molecule is CN(C)C(=O)C1(Cc2ccc(-c3ccccc3F)cc2)CCCN(Cc2cnn(C)c2)C1. The molecule has 0 aliphatic carbocycles. The largest absolute Gasteiger partial charge is 0.348 e. The summed E-state index contributed by atoms with van der Waals surface area (Å²) in [6.45, 7) is 2.49. The number of rotatable bonds is 6. The number of amides is 1. The molecule has 168 valence electrons. The number of carbonyl (C=O) groups is 1. The Labute approximate surface area is 189 Å². The van der Waals surface area contributed by atoms with Crippen LogP contribution < -0.4 is 0 Å². The van der Waals surface area contributed by atoms with Crippen LogP contribution in [-0.4, -0.2) is 52.7 Å². The molecular formula is C26H31FN4O. The zero-order valence-corrected chi connectivity index (χ0v) is 19.1. The molecule has 1 saturated heterocycles. The van der Waals surface area contributed by atoms with E-state index in [1.165, 1.54) is 6.07 Å². The number of carbonyl (C=O) groups excluding carboxylic acids is 1. The maximum absolute atomic E-state index is 14.2. The predicted octanol–water partition coefficient (Wildman–Crippen LogP) is 4.14. The third kappa shape index (κ3) is 4.75. The highest BCUT2D eigenvalue weighted by molar-refractivity contribution is 5.83. The van der Waals surface area contributed by atoms with Crippen molar-refractivity contribution in [2.45, 2.75) is 25.8 Å². The summed E-state index contributed by atoms with van der Waals surface area (Å²) in [5, 5.41) is 4.28. The first-order valence-corrected chi connectivity index (χ1v) is 11.1. The Morgan fingerprint density at radius 2 is 1.88 bits per heavy atom. The first kappa shape index (κ1) is 22.2. The van der Waals surface area contributed by atoms with Gasteiger partial charge in [0.25, 0.3) is 0 Å². The fraction of sp³-hybridized carbons (Fsp3) is 0.385. The zero-order chi connectivity index (χ0) is 22.7. The summed E-state index contributed by atoms with van der Waals surface area (Å²) in [5.41, 5.74) is 3.24. The summed E-state index contributed by atoms with van der Waals surface area (Å²) >= 11 is 0. The van der Waals surface area contributed by atoms with Gasteiger partial charge in [-0.2, -0.15) is 5.10 Å². The van der Waals surface area contributed by atoms with Crippen LogP contribution in [0.2, 0.25) is 0 Å². The average Bonchev–Trinajstić information content (AvgIpc) is 3.19. The van der Waals surface area contributed by atoms with Gasteiger partial charge < -0.3 is 4.90 Å². The zero-order valence-electron chi connectivity index (χ0n) is 19.1. The topological polar surface area (TPSA) is 41.4 Å². The van der Waals surface area contributed by atoms with Gasteiger partial charge in [0.2, 0.25) is 5.91 Å². The molecule has 3 aromatic rings. The van der Waals surface area contributed by atoms with Gasteiger partial charge in [-0.1, -0.05) is 42.5 Å². The Balaban J connectivity index is 1.56. The highest BCUT2D eigenvalue weighted by Crippen LogP contribution is 2.36. The van der Waals surface area contributed by atoms with Gasteiger partial charge in [0.05, 0.1) is 11.6 Å². The minimum absolute atomic E-state index is 0.173. The average molecular weight is 435 g/mol. The highest BCUT2D eigenvalue weighted by Gasteiger charge is 2.43. The van der Waals surface area contributed by atoms with Gasteiger partial charge in [-0.25, -0.2) is 4.39 Å². The molecule has 1 aromatic heterocycles. The van der Waals surface area contributed by atoms with Crippen molar-refractivity contribution in [2.75, 3.05) is 27.2 Å². The molecule has 2 aromatic carbocycles. The predicted molar refractivity (Wildman–Crippen MR) is 124 cm³/mol. The molecule has 32 heavy (non-hydrogen) atoms. The van der Waals surface area contributed by atoms with E-state index in [1.807, 2.05) is 68.6 Å². The highest BCUT2D eigenvalue weighted by atomic mass is 19.1. The molecule has 1 fully saturated rings. The van der Waals surface area contributed by atoms with E-state index in [0.717, 1.165) is 42.6 Å².